The number of pyridine rings is 1. The Hall–Kier alpha value is -2.07. The maximum atomic E-state index is 5.61. The largest absolute Gasteiger partial charge is 0.497 e. The molecule has 0 aliphatic heterocycles. The summed E-state index contributed by atoms with van der Waals surface area (Å²) in [6.45, 7) is 1.51. The van der Waals surface area contributed by atoms with E-state index < -0.39 is 0 Å². The molecule has 0 spiro atoms. The van der Waals surface area contributed by atoms with Crippen LogP contribution in [0.2, 0.25) is 0 Å². The summed E-state index contributed by atoms with van der Waals surface area (Å²) in [7, 11) is 1.67. The maximum Gasteiger partial charge on any atom is 0.132 e. The molecule has 4 nitrogen and oxygen atoms in total. The molecule has 0 unspecified atom stereocenters. The second kappa shape index (κ2) is 6.75. The van der Waals surface area contributed by atoms with Crippen molar-refractivity contribution in [1.82, 2.24) is 4.98 Å². The zero-order valence-corrected chi connectivity index (χ0v) is 11.1. The Kier molecular flexibility index (Phi) is 4.75. The van der Waals surface area contributed by atoms with E-state index in [1.54, 1.807) is 13.3 Å². The number of hydrogen-bond acceptors (Lipinski definition) is 4. The highest BCUT2D eigenvalue weighted by Gasteiger charge is 2.09. The molecule has 1 aromatic carbocycles. The van der Waals surface area contributed by atoms with Crippen LogP contribution in [0.15, 0.2) is 48.7 Å². The third kappa shape index (κ3) is 3.45. The number of methoxy groups -OCH3 is 1. The van der Waals surface area contributed by atoms with E-state index in [9.17, 15) is 0 Å². The van der Waals surface area contributed by atoms with Gasteiger partial charge in [0.2, 0.25) is 0 Å². The van der Waals surface area contributed by atoms with Crippen LogP contribution < -0.4 is 15.4 Å². The van der Waals surface area contributed by atoms with E-state index in [0.29, 0.717) is 6.54 Å². The van der Waals surface area contributed by atoms with Crippen LogP contribution in [0.5, 0.6) is 5.75 Å². The normalized spacial score (nSPS) is 10.2. The van der Waals surface area contributed by atoms with Gasteiger partial charge in [0, 0.05) is 18.4 Å². The van der Waals surface area contributed by atoms with Gasteiger partial charge in [-0.1, -0.05) is 6.07 Å². The monoisotopic (exact) mass is 257 g/mol. The minimum absolute atomic E-state index is 0.666. The van der Waals surface area contributed by atoms with E-state index in [0.717, 1.165) is 30.2 Å². The van der Waals surface area contributed by atoms with Crippen molar-refractivity contribution in [2.24, 2.45) is 5.73 Å². The highest BCUT2D eigenvalue weighted by Crippen LogP contribution is 2.25. The third-order valence-electron chi connectivity index (χ3n) is 2.90. The SMILES string of the molecule is COc1ccc(N(CCCN)c2ccccn2)cc1. The number of rotatable bonds is 6. The van der Waals surface area contributed by atoms with E-state index in [4.69, 9.17) is 10.5 Å². The first-order chi connectivity index (χ1) is 9.35. The highest BCUT2D eigenvalue weighted by atomic mass is 16.5. The molecule has 1 heterocycles. The Morgan fingerprint density at radius 3 is 2.53 bits per heavy atom. The second-order valence-electron chi connectivity index (χ2n) is 4.18. The van der Waals surface area contributed by atoms with Gasteiger partial charge in [0.15, 0.2) is 0 Å². The fraction of sp³-hybridized carbons (Fsp3) is 0.267. The van der Waals surface area contributed by atoms with Crippen LogP contribution in [0, 0.1) is 0 Å². The Labute approximate surface area is 113 Å². The molecule has 19 heavy (non-hydrogen) atoms. The zero-order chi connectivity index (χ0) is 13.5. The standard InChI is InChI=1S/C15H19N3O/c1-19-14-8-6-13(7-9-14)18(12-4-10-16)15-5-2-3-11-17-15/h2-3,5-9,11H,4,10,12,16H2,1H3. The Bertz CT molecular complexity index is 485. The van der Waals surface area contributed by atoms with Gasteiger partial charge in [-0.05, 0) is 49.4 Å². The number of benzene rings is 1. The molecule has 2 aromatic rings. The molecule has 4 heteroatoms. The van der Waals surface area contributed by atoms with Gasteiger partial charge in [-0.3, -0.25) is 0 Å². The van der Waals surface area contributed by atoms with Crippen LogP contribution in [0.1, 0.15) is 6.42 Å². The lowest BCUT2D eigenvalue weighted by Gasteiger charge is -2.23. The number of nitrogens with two attached hydrogens (primary N) is 1. The molecular weight excluding hydrogens is 238 g/mol. The van der Waals surface area contributed by atoms with Crippen LogP contribution in [0.3, 0.4) is 0 Å². The summed E-state index contributed by atoms with van der Waals surface area (Å²) in [6.07, 6.45) is 2.72. The second-order valence-corrected chi connectivity index (χ2v) is 4.18. The van der Waals surface area contributed by atoms with Gasteiger partial charge in [0.25, 0.3) is 0 Å². The summed E-state index contributed by atoms with van der Waals surface area (Å²) in [5.74, 6) is 1.78. The molecule has 0 aliphatic rings. The molecule has 0 radical (unpaired) electrons. The first-order valence-corrected chi connectivity index (χ1v) is 6.38. The molecule has 0 saturated heterocycles. The summed E-state index contributed by atoms with van der Waals surface area (Å²) in [6, 6.07) is 13.9. The number of hydrogen-bond donors (Lipinski definition) is 1. The highest BCUT2D eigenvalue weighted by molar-refractivity contribution is 5.60. The van der Waals surface area contributed by atoms with Crippen molar-refractivity contribution >= 4 is 11.5 Å². The summed E-state index contributed by atoms with van der Waals surface area (Å²) >= 11 is 0. The molecule has 100 valence electrons. The zero-order valence-electron chi connectivity index (χ0n) is 11.1. The van der Waals surface area contributed by atoms with E-state index in [2.05, 4.69) is 9.88 Å². The molecule has 0 bridgehead atoms. The molecule has 1 aromatic heterocycles. The van der Waals surface area contributed by atoms with Gasteiger partial charge in [-0.15, -0.1) is 0 Å². The molecule has 0 amide bonds. The lowest BCUT2D eigenvalue weighted by molar-refractivity contribution is 0.415. The predicted molar refractivity (Wildman–Crippen MR) is 77.9 cm³/mol. The Morgan fingerprint density at radius 1 is 1.16 bits per heavy atom. The summed E-state index contributed by atoms with van der Waals surface area (Å²) in [4.78, 5) is 6.56. The van der Waals surface area contributed by atoms with E-state index in [1.807, 2.05) is 42.5 Å². The van der Waals surface area contributed by atoms with Gasteiger partial charge in [0.05, 0.1) is 7.11 Å². The lowest BCUT2D eigenvalue weighted by atomic mass is 10.2. The van der Waals surface area contributed by atoms with Crippen LogP contribution in [-0.4, -0.2) is 25.2 Å². The van der Waals surface area contributed by atoms with Crippen molar-refractivity contribution in [1.29, 1.82) is 0 Å². The number of nitrogens with zero attached hydrogens (tertiary/aromatic N) is 2. The predicted octanol–water partition coefficient (Wildman–Crippen LogP) is 2.58. The minimum atomic E-state index is 0.666. The quantitative estimate of drug-likeness (QED) is 0.864. The summed E-state index contributed by atoms with van der Waals surface area (Å²) in [5.41, 5.74) is 6.70. The minimum Gasteiger partial charge on any atom is -0.497 e. The molecule has 2 N–H and O–H groups in total. The number of aromatic nitrogens is 1. The van der Waals surface area contributed by atoms with Gasteiger partial charge in [0.1, 0.15) is 11.6 Å². The number of anilines is 2. The fourth-order valence-electron chi connectivity index (χ4n) is 1.90. The lowest BCUT2D eigenvalue weighted by Crippen LogP contribution is -2.21. The van der Waals surface area contributed by atoms with Gasteiger partial charge >= 0.3 is 0 Å². The topological polar surface area (TPSA) is 51.4 Å². The van der Waals surface area contributed by atoms with Crippen LogP contribution in [0.25, 0.3) is 0 Å². The Morgan fingerprint density at radius 2 is 1.95 bits per heavy atom. The first-order valence-electron chi connectivity index (χ1n) is 6.38. The van der Waals surface area contributed by atoms with Crippen LogP contribution in [0.4, 0.5) is 11.5 Å². The van der Waals surface area contributed by atoms with Gasteiger partial charge < -0.3 is 15.4 Å². The molecule has 2 rings (SSSR count). The molecule has 0 saturated carbocycles. The third-order valence-corrected chi connectivity index (χ3v) is 2.90. The maximum absolute atomic E-state index is 5.61. The van der Waals surface area contributed by atoms with Crippen molar-refractivity contribution in [3.63, 3.8) is 0 Å². The van der Waals surface area contributed by atoms with Crippen molar-refractivity contribution in [2.75, 3.05) is 25.1 Å². The summed E-state index contributed by atoms with van der Waals surface area (Å²) < 4.78 is 5.18. The number of ether oxygens (including phenoxy) is 1. The smallest absolute Gasteiger partial charge is 0.132 e. The van der Waals surface area contributed by atoms with Crippen molar-refractivity contribution in [3.05, 3.63) is 48.7 Å². The molecule has 0 fully saturated rings. The van der Waals surface area contributed by atoms with Crippen LogP contribution >= 0.6 is 0 Å². The van der Waals surface area contributed by atoms with Gasteiger partial charge in [-0.25, -0.2) is 4.98 Å². The van der Waals surface area contributed by atoms with E-state index in [1.165, 1.54) is 0 Å². The van der Waals surface area contributed by atoms with Crippen molar-refractivity contribution in [2.45, 2.75) is 6.42 Å². The van der Waals surface area contributed by atoms with Crippen LogP contribution in [-0.2, 0) is 0 Å². The molecular formula is C15H19N3O. The van der Waals surface area contributed by atoms with Gasteiger partial charge in [-0.2, -0.15) is 0 Å². The molecule has 0 atom stereocenters. The fourth-order valence-corrected chi connectivity index (χ4v) is 1.90. The first kappa shape index (κ1) is 13.4. The molecule has 0 aliphatic carbocycles. The van der Waals surface area contributed by atoms with Crippen molar-refractivity contribution in [3.8, 4) is 5.75 Å². The van der Waals surface area contributed by atoms with E-state index >= 15 is 0 Å². The average Bonchev–Trinajstić information content (AvgIpc) is 2.49. The van der Waals surface area contributed by atoms with E-state index in [-0.39, 0.29) is 0 Å². The van der Waals surface area contributed by atoms with Crippen molar-refractivity contribution < 1.29 is 4.74 Å². The Balaban J connectivity index is 2.26. The summed E-state index contributed by atoms with van der Waals surface area (Å²) in [5, 5.41) is 0. The average molecular weight is 257 g/mol.